The van der Waals surface area contributed by atoms with Crippen molar-refractivity contribution in [2.45, 2.75) is 120 Å². The van der Waals surface area contributed by atoms with E-state index < -0.39 is 0 Å². The SMILES string of the molecule is Cc1cccc(C)c1-c1cc(-c2cc(C(C)(C)C)ccn2)ccc1-c1ccccc1-c1cc(-c2ccccc2-c2ccc(-c3cc(C(C)(C)C)ccn3)cc2-c2c(C)cccc2C)cc(-c2ccccc2-c2ccc(-c3cc(C(C)(C)C)ccn3)cc2-c2c(C)cccc2C)c1. The number of hydrogen-bond donors (Lipinski definition) is 0. The lowest BCUT2D eigenvalue weighted by atomic mass is 9.81. The summed E-state index contributed by atoms with van der Waals surface area (Å²) in [7, 11) is 0. The Balaban J connectivity index is 1.07. The molecule has 3 heterocycles. The van der Waals surface area contributed by atoms with Gasteiger partial charge in [-0.3, -0.25) is 15.0 Å². The summed E-state index contributed by atoms with van der Waals surface area (Å²) in [5.41, 5.74) is 38.1. The summed E-state index contributed by atoms with van der Waals surface area (Å²) in [4.78, 5) is 15.1. The molecule has 0 aliphatic rings. The molecule has 0 radical (unpaired) electrons. The predicted octanol–water partition coefficient (Wildman–Crippen LogP) is 25.6. The zero-order valence-electron chi connectivity index (χ0n) is 58.6. The zero-order chi connectivity index (χ0) is 67.4. The van der Waals surface area contributed by atoms with E-state index in [1.165, 1.54) is 83.5 Å². The van der Waals surface area contributed by atoms with Gasteiger partial charge in [0.1, 0.15) is 0 Å². The van der Waals surface area contributed by atoms with Gasteiger partial charge in [0, 0.05) is 35.3 Å². The second kappa shape index (κ2) is 25.8. The standard InChI is InChI=1S/C93H87N3/c1-58-25-22-26-59(2)88(58)82-52-64(85-55-70(43-46-94-85)91(7,8)9)37-40-79(82)76-34-19-16-31-73(76)67-49-68(74-32-17-20-35-77(74)80-41-38-65(86-56-71(44-47-95-86)92(10,11)12)53-83(80)89-60(3)27-23-28-61(89)4)51-69(50-67)75-33-18-21-36-78(75)81-42-39-66(87-57-72(45-48-96-87)93(13,14)15)54-84(81)90-62(5)29-24-30-63(90)6/h16-57H,1-15H3. The first-order valence-electron chi connectivity index (χ1n) is 34.0. The number of pyridine rings is 3. The van der Waals surface area contributed by atoms with E-state index in [0.29, 0.717) is 0 Å². The number of benzene rings is 10. The quantitative estimate of drug-likeness (QED) is 0.122. The highest BCUT2D eigenvalue weighted by molar-refractivity contribution is 6.01. The zero-order valence-corrected chi connectivity index (χ0v) is 58.6. The van der Waals surface area contributed by atoms with Crippen molar-refractivity contribution in [2.75, 3.05) is 0 Å². The minimum absolute atomic E-state index is 0.0338. The largest absolute Gasteiger partial charge is 0.256 e. The van der Waals surface area contributed by atoms with E-state index in [1.54, 1.807) is 0 Å². The summed E-state index contributed by atoms with van der Waals surface area (Å²) in [5, 5.41) is 0. The van der Waals surface area contributed by atoms with Crippen molar-refractivity contribution in [2.24, 2.45) is 0 Å². The fourth-order valence-corrected chi connectivity index (χ4v) is 14.3. The molecule has 0 saturated heterocycles. The molecule has 0 bridgehead atoms. The van der Waals surface area contributed by atoms with E-state index in [2.05, 4.69) is 340 Å². The Hall–Kier alpha value is -10.4. The van der Waals surface area contributed by atoms with Crippen LogP contribution in [-0.2, 0) is 16.2 Å². The van der Waals surface area contributed by atoms with Gasteiger partial charge in [0.2, 0.25) is 0 Å². The van der Waals surface area contributed by atoms with Crippen molar-refractivity contribution in [1.82, 2.24) is 15.0 Å². The molecule has 0 unspecified atom stereocenters. The molecule has 0 saturated carbocycles. The van der Waals surface area contributed by atoms with Crippen molar-refractivity contribution < 1.29 is 0 Å². The van der Waals surface area contributed by atoms with Crippen molar-refractivity contribution in [3.8, 4) is 134 Å². The number of aromatic nitrogens is 3. The van der Waals surface area contributed by atoms with Gasteiger partial charge in [-0.05, 0) is 281 Å². The van der Waals surface area contributed by atoms with E-state index in [0.717, 1.165) is 101 Å². The summed E-state index contributed by atoms with van der Waals surface area (Å²) in [6.45, 7) is 33.9. The van der Waals surface area contributed by atoms with E-state index >= 15 is 0 Å². The monoisotopic (exact) mass is 1250 g/mol. The topological polar surface area (TPSA) is 38.7 Å². The molecule has 10 aromatic carbocycles. The van der Waals surface area contributed by atoms with Crippen molar-refractivity contribution >= 4 is 0 Å². The second-order valence-electron chi connectivity index (χ2n) is 29.6. The molecule has 13 aromatic rings. The Labute approximate surface area is 570 Å². The van der Waals surface area contributed by atoms with Crippen LogP contribution < -0.4 is 0 Å². The molecule has 474 valence electrons. The summed E-state index contributed by atoms with van der Waals surface area (Å²) in [5.74, 6) is 0. The fraction of sp³-hybridized carbons (Fsp3) is 0.194. The Morgan fingerprint density at radius 2 is 0.427 bits per heavy atom. The Morgan fingerprint density at radius 3 is 0.667 bits per heavy atom. The molecular weight excluding hydrogens is 1160 g/mol. The van der Waals surface area contributed by atoms with Crippen LogP contribution in [0.2, 0.25) is 0 Å². The van der Waals surface area contributed by atoms with Gasteiger partial charge in [0.05, 0.1) is 17.1 Å². The fourth-order valence-electron chi connectivity index (χ4n) is 14.3. The summed E-state index contributed by atoms with van der Waals surface area (Å²) in [6, 6.07) is 88.8. The third-order valence-corrected chi connectivity index (χ3v) is 19.6. The van der Waals surface area contributed by atoms with E-state index in [1.807, 2.05) is 18.6 Å². The first kappa shape index (κ1) is 64.4. The van der Waals surface area contributed by atoms with Gasteiger partial charge < -0.3 is 0 Å². The molecule has 3 nitrogen and oxygen atoms in total. The number of rotatable bonds is 12. The third-order valence-electron chi connectivity index (χ3n) is 19.6. The maximum Gasteiger partial charge on any atom is 0.0705 e. The number of hydrogen-bond acceptors (Lipinski definition) is 3. The number of aryl methyl sites for hydroxylation is 6. The maximum atomic E-state index is 5.02. The first-order chi connectivity index (χ1) is 46.0. The molecule has 0 amide bonds. The lowest BCUT2D eigenvalue weighted by Crippen LogP contribution is -2.11. The van der Waals surface area contributed by atoms with Gasteiger partial charge in [0.15, 0.2) is 0 Å². The van der Waals surface area contributed by atoms with Gasteiger partial charge in [0.25, 0.3) is 0 Å². The molecule has 0 aliphatic carbocycles. The molecule has 0 fully saturated rings. The lowest BCUT2D eigenvalue weighted by molar-refractivity contribution is 0.589. The Morgan fingerprint density at radius 1 is 0.198 bits per heavy atom. The van der Waals surface area contributed by atoms with Crippen LogP contribution in [0.1, 0.15) is 112 Å². The van der Waals surface area contributed by atoms with Crippen molar-refractivity contribution in [3.63, 3.8) is 0 Å². The molecule has 0 atom stereocenters. The molecule has 3 heteroatoms. The van der Waals surface area contributed by atoms with Crippen LogP contribution >= 0.6 is 0 Å². The number of nitrogens with zero attached hydrogens (tertiary/aromatic N) is 3. The maximum absolute atomic E-state index is 5.02. The minimum Gasteiger partial charge on any atom is -0.256 e. The Bertz CT molecular complexity index is 4550. The highest BCUT2D eigenvalue weighted by Gasteiger charge is 2.25. The van der Waals surface area contributed by atoms with E-state index in [4.69, 9.17) is 15.0 Å². The van der Waals surface area contributed by atoms with Gasteiger partial charge in [-0.1, -0.05) is 226 Å². The van der Waals surface area contributed by atoms with Crippen molar-refractivity contribution in [1.29, 1.82) is 0 Å². The van der Waals surface area contributed by atoms with Gasteiger partial charge >= 0.3 is 0 Å². The predicted molar refractivity (Wildman–Crippen MR) is 410 cm³/mol. The third kappa shape index (κ3) is 12.8. The average Bonchev–Trinajstić information content (AvgIpc) is 0.769. The van der Waals surface area contributed by atoms with Crippen LogP contribution in [-0.4, -0.2) is 15.0 Å². The minimum atomic E-state index is -0.0338. The van der Waals surface area contributed by atoms with Gasteiger partial charge in [-0.15, -0.1) is 0 Å². The molecule has 0 aliphatic heterocycles. The van der Waals surface area contributed by atoms with Gasteiger partial charge in [-0.25, -0.2) is 0 Å². The smallest absolute Gasteiger partial charge is 0.0705 e. The van der Waals surface area contributed by atoms with E-state index in [9.17, 15) is 0 Å². The highest BCUT2D eigenvalue weighted by Crippen LogP contribution is 2.49. The summed E-state index contributed by atoms with van der Waals surface area (Å²) < 4.78 is 0. The first-order valence-corrected chi connectivity index (χ1v) is 34.0. The van der Waals surface area contributed by atoms with Crippen molar-refractivity contribution in [3.05, 3.63) is 305 Å². The van der Waals surface area contributed by atoms with Crippen LogP contribution in [0.3, 0.4) is 0 Å². The normalized spacial score (nSPS) is 11.9. The van der Waals surface area contributed by atoms with Crippen LogP contribution in [0.25, 0.3) is 134 Å². The van der Waals surface area contributed by atoms with Crippen LogP contribution in [0.4, 0.5) is 0 Å². The van der Waals surface area contributed by atoms with Crippen LogP contribution in [0.15, 0.2) is 255 Å². The average molecular weight is 1250 g/mol. The Kier molecular flexibility index (Phi) is 17.3. The molecule has 0 spiro atoms. The van der Waals surface area contributed by atoms with Crippen LogP contribution in [0, 0.1) is 41.5 Å². The van der Waals surface area contributed by atoms with Crippen LogP contribution in [0.5, 0.6) is 0 Å². The molecule has 0 N–H and O–H groups in total. The molecule has 96 heavy (non-hydrogen) atoms. The lowest BCUT2D eigenvalue weighted by Gasteiger charge is -2.22. The van der Waals surface area contributed by atoms with Gasteiger partial charge in [-0.2, -0.15) is 0 Å². The summed E-state index contributed by atoms with van der Waals surface area (Å²) >= 11 is 0. The molecule has 13 rings (SSSR count). The van der Waals surface area contributed by atoms with E-state index in [-0.39, 0.29) is 16.2 Å². The molecular formula is C93H87N3. The summed E-state index contributed by atoms with van der Waals surface area (Å²) in [6.07, 6.45) is 5.90. The second-order valence-corrected chi connectivity index (χ2v) is 29.6. The highest BCUT2D eigenvalue weighted by atomic mass is 14.7. The molecule has 3 aromatic heterocycles.